The molecule has 0 aliphatic heterocycles. The van der Waals surface area contributed by atoms with Gasteiger partial charge in [-0.1, -0.05) is 6.07 Å². The molecule has 0 spiro atoms. The highest BCUT2D eigenvalue weighted by molar-refractivity contribution is 6.06. The predicted molar refractivity (Wildman–Crippen MR) is 113 cm³/mol. The van der Waals surface area contributed by atoms with Crippen molar-refractivity contribution in [1.29, 1.82) is 0 Å². The molecular weight excluding hydrogens is 439 g/mol. The average Bonchev–Trinajstić information content (AvgIpc) is 3.21. The van der Waals surface area contributed by atoms with E-state index >= 15 is 0 Å². The van der Waals surface area contributed by atoms with Crippen LogP contribution in [0.3, 0.4) is 0 Å². The lowest BCUT2D eigenvalue weighted by Crippen LogP contribution is -2.16. The van der Waals surface area contributed by atoms with E-state index in [0.29, 0.717) is 17.4 Å². The number of hydrogen-bond acceptors (Lipinski definition) is 6. The molecule has 0 bridgehead atoms. The lowest BCUT2D eigenvalue weighted by atomic mass is 9.80. The molecule has 1 amide bonds. The van der Waals surface area contributed by atoms with Crippen molar-refractivity contribution in [3.05, 3.63) is 47.5 Å². The standard InChI is InChI=1S/C22H24F3N5O3/c1-33-16-12-30-19(28-20(29-30)14-7-5-13(6-8-14)9-10-31)11-15(16)21(32)27-18-4-2-3-17(26-18)22(23,24)25/h2-4,11-14,31H,5-10H2,1H3,(H,26,27,32). The van der Waals surface area contributed by atoms with E-state index in [2.05, 4.69) is 20.4 Å². The number of anilines is 1. The van der Waals surface area contributed by atoms with E-state index in [1.165, 1.54) is 36.0 Å². The summed E-state index contributed by atoms with van der Waals surface area (Å²) in [6.45, 7) is 0.197. The zero-order valence-corrected chi connectivity index (χ0v) is 18.0. The number of pyridine rings is 2. The number of aliphatic hydroxyl groups is 1. The van der Waals surface area contributed by atoms with Gasteiger partial charge in [-0.15, -0.1) is 0 Å². The summed E-state index contributed by atoms with van der Waals surface area (Å²) >= 11 is 0. The Morgan fingerprint density at radius 3 is 2.67 bits per heavy atom. The molecule has 176 valence electrons. The molecule has 0 atom stereocenters. The van der Waals surface area contributed by atoms with Crippen LogP contribution >= 0.6 is 0 Å². The zero-order valence-electron chi connectivity index (χ0n) is 18.0. The number of hydrogen-bond donors (Lipinski definition) is 2. The van der Waals surface area contributed by atoms with Crippen LogP contribution in [-0.4, -0.2) is 44.3 Å². The Kier molecular flexibility index (Phi) is 6.50. The van der Waals surface area contributed by atoms with Gasteiger partial charge in [0, 0.05) is 12.5 Å². The summed E-state index contributed by atoms with van der Waals surface area (Å²) in [4.78, 5) is 20.9. The number of methoxy groups -OCH3 is 1. The fourth-order valence-electron chi connectivity index (χ4n) is 4.18. The van der Waals surface area contributed by atoms with Crippen LogP contribution in [0.2, 0.25) is 0 Å². The third kappa shape index (κ3) is 5.08. The van der Waals surface area contributed by atoms with E-state index in [9.17, 15) is 18.0 Å². The highest BCUT2D eigenvalue weighted by Gasteiger charge is 2.32. The maximum Gasteiger partial charge on any atom is 0.433 e. The van der Waals surface area contributed by atoms with Gasteiger partial charge in [0.15, 0.2) is 11.5 Å². The summed E-state index contributed by atoms with van der Waals surface area (Å²) in [5.74, 6) is 0.695. The SMILES string of the molecule is COc1cn2nc(C3CCC(CCO)CC3)nc2cc1C(=O)Nc1cccc(C(F)(F)F)n1. The molecule has 0 saturated heterocycles. The minimum Gasteiger partial charge on any atom is -0.494 e. The highest BCUT2D eigenvalue weighted by atomic mass is 19.4. The summed E-state index contributed by atoms with van der Waals surface area (Å²) in [5, 5.41) is 16.1. The van der Waals surface area contributed by atoms with Gasteiger partial charge in [-0.2, -0.15) is 18.3 Å². The largest absolute Gasteiger partial charge is 0.494 e. The van der Waals surface area contributed by atoms with Gasteiger partial charge < -0.3 is 15.2 Å². The molecule has 0 aromatic carbocycles. The van der Waals surface area contributed by atoms with E-state index in [1.807, 2.05) is 0 Å². The number of amides is 1. The van der Waals surface area contributed by atoms with Gasteiger partial charge in [-0.05, 0) is 56.2 Å². The Balaban J connectivity index is 1.56. The van der Waals surface area contributed by atoms with Gasteiger partial charge in [0.2, 0.25) is 0 Å². The summed E-state index contributed by atoms with van der Waals surface area (Å²) in [7, 11) is 1.39. The average molecular weight is 463 g/mol. The molecule has 3 aromatic heterocycles. The van der Waals surface area contributed by atoms with Crippen LogP contribution < -0.4 is 10.1 Å². The highest BCUT2D eigenvalue weighted by Crippen LogP contribution is 2.36. The topological polar surface area (TPSA) is 102 Å². The van der Waals surface area contributed by atoms with E-state index in [0.717, 1.165) is 38.2 Å². The van der Waals surface area contributed by atoms with Gasteiger partial charge in [0.25, 0.3) is 5.91 Å². The lowest BCUT2D eigenvalue weighted by Gasteiger charge is -2.26. The number of aromatic nitrogens is 4. The lowest BCUT2D eigenvalue weighted by molar-refractivity contribution is -0.141. The molecule has 1 fully saturated rings. The Bertz CT molecular complexity index is 1140. The third-order valence-electron chi connectivity index (χ3n) is 5.95. The predicted octanol–water partition coefficient (Wildman–Crippen LogP) is 4.06. The maximum atomic E-state index is 12.9. The summed E-state index contributed by atoms with van der Waals surface area (Å²) < 4.78 is 45.6. The molecular formula is C22H24F3N5O3. The van der Waals surface area contributed by atoms with Crippen molar-refractivity contribution in [1.82, 2.24) is 19.6 Å². The molecule has 11 heteroatoms. The summed E-state index contributed by atoms with van der Waals surface area (Å²) in [6, 6.07) is 4.78. The second-order valence-electron chi connectivity index (χ2n) is 8.12. The molecule has 1 saturated carbocycles. The third-order valence-corrected chi connectivity index (χ3v) is 5.95. The minimum absolute atomic E-state index is 0.106. The van der Waals surface area contributed by atoms with Crippen LogP contribution in [0.5, 0.6) is 5.75 Å². The Hall–Kier alpha value is -3.21. The van der Waals surface area contributed by atoms with Crippen molar-refractivity contribution >= 4 is 17.4 Å². The van der Waals surface area contributed by atoms with Crippen molar-refractivity contribution in [3.63, 3.8) is 0 Å². The monoisotopic (exact) mass is 463 g/mol. The minimum atomic E-state index is -4.62. The Morgan fingerprint density at radius 2 is 2.00 bits per heavy atom. The molecule has 0 radical (unpaired) electrons. The quantitative estimate of drug-likeness (QED) is 0.572. The molecule has 8 nitrogen and oxygen atoms in total. The molecule has 1 aliphatic carbocycles. The number of aliphatic hydroxyl groups excluding tert-OH is 1. The second kappa shape index (κ2) is 9.34. The fourth-order valence-corrected chi connectivity index (χ4v) is 4.18. The number of halogens is 3. The molecule has 1 aliphatic rings. The van der Waals surface area contributed by atoms with Crippen LogP contribution in [0, 0.1) is 5.92 Å². The van der Waals surface area contributed by atoms with Gasteiger partial charge in [0.1, 0.15) is 17.3 Å². The van der Waals surface area contributed by atoms with Crippen molar-refractivity contribution in [2.45, 2.75) is 44.2 Å². The molecule has 33 heavy (non-hydrogen) atoms. The molecule has 3 aromatic rings. The van der Waals surface area contributed by atoms with E-state index in [4.69, 9.17) is 9.84 Å². The normalized spacial score (nSPS) is 18.9. The Morgan fingerprint density at radius 1 is 1.24 bits per heavy atom. The van der Waals surface area contributed by atoms with Crippen LogP contribution in [0.15, 0.2) is 30.5 Å². The number of carbonyl (C=O) groups is 1. The zero-order chi connectivity index (χ0) is 23.6. The number of ether oxygens (including phenoxy) is 1. The summed E-state index contributed by atoms with van der Waals surface area (Å²) in [5.41, 5.74) is -0.557. The first-order valence-electron chi connectivity index (χ1n) is 10.7. The van der Waals surface area contributed by atoms with Crippen LogP contribution in [0.4, 0.5) is 19.0 Å². The van der Waals surface area contributed by atoms with Gasteiger partial charge >= 0.3 is 6.18 Å². The van der Waals surface area contributed by atoms with E-state index in [-0.39, 0.29) is 29.7 Å². The number of alkyl halides is 3. The number of rotatable bonds is 6. The maximum absolute atomic E-state index is 12.9. The van der Waals surface area contributed by atoms with Gasteiger partial charge in [-0.25, -0.2) is 14.5 Å². The number of nitrogens with zero attached hydrogens (tertiary/aromatic N) is 4. The second-order valence-corrected chi connectivity index (χ2v) is 8.12. The first-order chi connectivity index (χ1) is 15.8. The first-order valence-corrected chi connectivity index (χ1v) is 10.7. The fraction of sp³-hybridized carbons (Fsp3) is 0.455. The Labute approximate surface area is 187 Å². The van der Waals surface area contributed by atoms with Gasteiger partial charge in [0.05, 0.1) is 18.9 Å². The van der Waals surface area contributed by atoms with Gasteiger partial charge in [-0.3, -0.25) is 4.79 Å². The van der Waals surface area contributed by atoms with E-state index in [1.54, 1.807) is 0 Å². The van der Waals surface area contributed by atoms with Crippen molar-refractivity contribution in [3.8, 4) is 5.75 Å². The molecule has 0 unspecified atom stereocenters. The molecule has 3 heterocycles. The van der Waals surface area contributed by atoms with Crippen LogP contribution in [0.25, 0.3) is 5.65 Å². The first kappa shape index (κ1) is 23.0. The number of nitrogens with one attached hydrogen (secondary N) is 1. The molecule has 2 N–H and O–H groups in total. The number of carbonyl (C=O) groups excluding carboxylic acids is 1. The van der Waals surface area contributed by atoms with Crippen molar-refractivity contribution in [2.75, 3.05) is 19.0 Å². The number of fused-ring (bicyclic) bond motifs is 1. The smallest absolute Gasteiger partial charge is 0.433 e. The summed E-state index contributed by atoms with van der Waals surface area (Å²) in [6.07, 6.45) is 1.57. The molecule has 4 rings (SSSR count). The van der Waals surface area contributed by atoms with Crippen LogP contribution in [-0.2, 0) is 6.18 Å². The van der Waals surface area contributed by atoms with Crippen molar-refractivity contribution in [2.24, 2.45) is 5.92 Å². The van der Waals surface area contributed by atoms with Crippen LogP contribution in [0.1, 0.15) is 59.9 Å². The van der Waals surface area contributed by atoms with E-state index < -0.39 is 17.8 Å². The van der Waals surface area contributed by atoms with Crippen molar-refractivity contribution < 1.29 is 27.8 Å².